The van der Waals surface area contributed by atoms with Gasteiger partial charge in [-0.1, -0.05) is 26.2 Å². The van der Waals surface area contributed by atoms with E-state index in [1.165, 1.54) is 32.1 Å². The van der Waals surface area contributed by atoms with E-state index in [4.69, 9.17) is 5.11 Å². The first-order valence-electron chi connectivity index (χ1n) is 6.14. The van der Waals surface area contributed by atoms with Gasteiger partial charge in [-0.15, -0.1) is 0 Å². The van der Waals surface area contributed by atoms with E-state index in [0.717, 1.165) is 0 Å². The third-order valence-corrected chi connectivity index (χ3v) is 3.53. The van der Waals surface area contributed by atoms with E-state index in [0.29, 0.717) is 18.4 Å². The van der Waals surface area contributed by atoms with Gasteiger partial charge in [0.15, 0.2) is 0 Å². The normalized spacial score (nSPS) is 22.3. The molecule has 1 fully saturated rings. The van der Waals surface area contributed by atoms with Crippen molar-refractivity contribution in [3.63, 3.8) is 0 Å². The topological polar surface area (TPSA) is 49.3 Å². The number of nitrogens with one attached hydrogen (secondary N) is 1. The Hall–Kier alpha value is -0.570. The average molecular weight is 213 g/mol. The predicted molar refractivity (Wildman–Crippen MR) is 60.9 cm³/mol. The molecule has 0 bridgehead atoms. The van der Waals surface area contributed by atoms with Crippen molar-refractivity contribution in [3.05, 3.63) is 0 Å². The quantitative estimate of drug-likeness (QED) is 0.737. The van der Waals surface area contributed by atoms with Crippen LogP contribution in [0.4, 0.5) is 0 Å². The summed E-state index contributed by atoms with van der Waals surface area (Å²) in [7, 11) is 0. The second-order valence-electron chi connectivity index (χ2n) is 4.65. The molecule has 0 heterocycles. The Bertz CT molecular complexity index is 200. The maximum Gasteiger partial charge on any atom is 0.320 e. The zero-order chi connectivity index (χ0) is 11.3. The molecule has 3 heteroatoms. The van der Waals surface area contributed by atoms with Gasteiger partial charge in [0, 0.05) is 6.04 Å². The Morgan fingerprint density at radius 3 is 2.47 bits per heavy atom. The van der Waals surface area contributed by atoms with Crippen molar-refractivity contribution in [2.45, 2.75) is 64.5 Å². The van der Waals surface area contributed by atoms with Crippen LogP contribution in [0.25, 0.3) is 0 Å². The van der Waals surface area contributed by atoms with E-state index in [2.05, 4.69) is 12.2 Å². The van der Waals surface area contributed by atoms with Crippen molar-refractivity contribution >= 4 is 5.97 Å². The molecule has 0 aromatic rings. The Morgan fingerprint density at radius 1 is 1.40 bits per heavy atom. The van der Waals surface area contributed by atoms with Crippen molar-refractivity contribution in [1.82, 2.24) is 5.32 Å². The lowest BCUT2D eigenvalue weighted by Gasteiger charge is -2.30. The summed E-state index contributed by atoms with van der Waals surface area (Å²) in [5, 5.41) is 12.2. The van der Waals surface area contributed by atoms with Crippen molar-refractivity contribution in [3.8, 4) is 0 Å². The van der Waals surface area contributed by atoms with Crippen LogP contribution >= 0.6 is 0 Å². The molecule has 1 saturated carbocycles. The molecule has 0 amide bonds. The highest BCUT2D eigenvalue weighted by Crippen LogP contribution is 2.26. The standard InChI is InChI=1S/C12H23NO2/c1-3-11(12(14)15)13-9(2)10-7-5-4-6-8-10/h9-11,13H,3-8H2,1-2H3,(H,14,15)/t9-,11?/m1/s1. The number of carbonyl (C=O) groups is 1. The van der Waals surface area contributed by atoms with E-state index in [1.54, 1.807) is 0 Å². The average Bonchev–Trinajstić information content (AvgIpc) is 2.26. The molecule has 1 aliphatic carbocycles. The van der Waals surface area contributed by atoms with Gasteiger partial charge in [-0.05, 0) is 32.1 Å². The summed E-state index contributed by atoms with van der Waals surface area (Å²) in [5.41, 5.74) is 0. The molecule has 2 atom stereocenters. The summed E-state index contributed by atoms with van der Waals surface area (Å²) in [6.07, 6.45) is 7.13. The van der Waals surface area contributed by atoms with E-state index in [9.17, 15) is 4.79 Å². The maximum atomic E-state index is 10.9. The zero-order valence-electron chi connectivity index (χ0n) is 9.83. The van der Waals surface area contributed by atoms with Crippen LogP contribution in [-0.4, -0.2) is 23.2 Å². The Kier molecular flexibility index (Phi) is 5.09. The highest BCUT2D eigenvalue weighted by Gasteiger charge is 2.24. The number of aliphatic carboxylic acids is 1. The van der Waals surface area contributed by atoms with Gasteiger partial charge in [-0.25, -0.2) is 0 Å². The third kappa shape index (κ3) is 3.82. The van der Waals surface area contributed by atoms with Crippen LogP contribution in [0.2, 0.25) is 0 Å². The van der Waals surface area contributed by atoms with Gasteiger partial charge >= 0.3 is 5.97 Å². The molecule has 3 nitrogen and oxygen atoms in total. The molecule has 2 N–H and O–H groups in total. The second-order valence-corrected chi connectivity index (χ2v) is 4.65. The van der Waals surface area contributed by atoms with Gasteiger partial charge in [0.2, 0.25) is 0 Å². The summed E-state index contributed by atoms with van der Waals surface area (Å²) in [6, 6.07) is -0.0340. The molecule has 0 saturated heterocycles. The molecule has 0 aliphatic heterocycles. The van der Waals surface area contributed by atoms with Gasteiger partial charge < -0.3 is 10.4 Å². The zero-order valence-corrected chi connectivity index (χ0v) is 9.83. The smallest absolute Gasteiger partial charge is 0.320 e. The molecule has 0 aromatic carbocycles. The number of hydrogen-bond acceptors (Lipinski definition) is 2. The molecular weight excluding hydrogens is 190 g/mol. The number of carboxylic acids is 1. The summed E-state index contributed by atoms with van der Waals surface area (Å²) in [4.78, 5) is 10.9. The monoisotopic (exact) mass is 213 g/mol. The van der Waals surface area contributed by atoms with Gasteiger partial charge in [0.1, 0.15) is 6.04 Å². The van der Waals surface area contributed by atoms with E-state index in [1.807, 2.05) is 6.92 Å². The van der Waals surface area contributed by atoms with Crippen LogP contribution in [0.15, 0.2) is 0 Å². The van der Waals surface area contributed by atoms with Crippen LogP contribution in [0.1, 0.15) is 52.4 Å². The lowest BCUT2D eigenvalue weighted by molar-refractivity contribution is -0.139. The van der Waals surface area contributed by atoms with E-state index in [-0.39, 0.29) is 6.04 Å². The Morgan fingerprint density at radius 2 is 2.00 bits per heavy atom. The molecule has 15 heavy (non-hydrogen) atoms. The second kappa shape index (κ2) is 6.11. The van der Waals surface area contributed by atoms with Crippen molar-refractivity contribution in [2.75, 3.05) is 0 Å². The summed E-state index contributed by atoms with van der Waals surface area (Å²) in [6.45, 7) is 4.04. The molecule has 0 aromatic heterocycles. The minimum atomic E-state index is -0.722. The minimum Gasteiger partial charge on any atom is -0.480 e. The first kappa shape index (κ1) is 12.5. The van der Waals surface area contributed by atoms with Crippen molar-refractivity contribution < 1.29 is 9.90 Å². The van der Waals surface area contributed by atoms with Gasteiger partial charge in [-0.3, -0.25) is 4.79 Å². The first-order chi connectivity index (χ1) is 7.15. The van der Waals surface area contributed by atoms with Crippen molar-refractivity contribution in [1.29, 1.82) is 0 Å². The lowest BCUT2D eigenvalue weighted by Crippen LogP contribution is -2.45. The van der Waals surface area contributed by atoms with Gasteiger partial charge in [-0.2, -0.15) is 0 Å². The summed E-state index contributed by atoms with van der Waals surface area (Å²) < 4.78 is 0. The van der Waals surface area contributed by atoms with Crippen LogP contribution < -0.4 is 5.32 Å². The highest BCUT2D eigenvalue weighted by atomic mass is 16.4. The maximum absolute atomic E-state index is 10.9. The fraction of sp³-hybridized carbons (Fsp3) is 0.917. The fourth-order valence-corrected chi connectivity index (χ4v) is 2.45. The largest absolute Gasteiger partial charge is 0.480 e. The molecule has 0 radical (unpaired) electrons. The van der Waals surface area contributed by atoms with Gasteiger partial charge in [0.05, 0.1) is 0 Å². The van der Waals surface area contributed by atoms with Gasteiger partial charge in [0.25, 0.3) is 0 Å². The Balaban J connectivity index is 2.38. The SMILES string of the molecule is CCC(N[C@H](C)C1CCCCC1)C(=O)O. The van der Waals surface area contributed by atoms with E-state index >= 15 is 0 Å². The predicted octanol–water partition coefficient (Wildman–Crippen LogP) is 2.41. The first-order valence-corrected chi connectivity index (χ1v) is 6.14. The molecule has 1 rings (SSSR count). The number of carboxylic acid groups (broad SMARTS) is 1. The minimum absolute atomic E-state index is 0.339. The molecule has 1 unspecified atom stereocenters. The number of hydrogen-bond donors (Lipinski definition) is 2. The highest BCUT2D eigenvalue weighted by molar-refractivity contribution is 5.73. The lowest BCUT2D eigenvalue weighted by atomic mass is 9.84. The van der Waals surface area contributed by atoms with Crippen molar-refractivity contribution in [2.24, 2.45) is 5.92 Å². The van der Waals surface area contributed by atoms with Crippen LogP contribution in [-0.2, 0) is 4.79 Å². The molecule has 0 spiro atoms. The van der Waals surface area contributed by atoms with E-state index < -0.39 is 5.97 Å². The third-order valence-electron chi connectivity index (χ3n) is 3.53. The molecule has 88 valence electrons. The number of rotatable bonds is 5. The Labute approximate surface area is 92.3 Å². The van der Waals surface area contributed by atoms with Crippen LogP contribution in [0.3, 0.4) is 0 Å². The summed E-state index contributed by atoms with van der Waals surface area (Å²) in [5.74, 6) is -0.0488. The fourth-order valence-electron chi connectivity index (χ4n) is 2.45. The summed E-state index contributed by atoms with van der Waals surface area (Å²) >= 11 is 0. The van der Waals surface area contributed by atoms with Crippen LogP contribution in [0.5, 0.6) is 0 Å². The van der Waals surface area contributed by atoms with Crippen LogP contribution in [0, 0.1) is 5.92 Å². The molecule has 1 aliphatic rings. The molecular formula is C12H23NO2.